The molecule has 3 N–H and O–H groups in total. The van der Waals surface area contributed by atoms with Crippen LogP contribution < -0.4 is 30.4 Å². The summed E-state index contributed by atoms with van der Waals surface area (Å²) in [4.78, 5) is 26.2. The molecule has 3 aromatic carbocycles. The number of aromatic nitrogens is 3. The lowest BCUT2D eigenvalue weighted by Gasteiger charge is -2.15. The second kappa shape index (κ2) is 15.7. The van der Waals surface area contributed by atoms with Crippen molar-refractivity contribution in [2.24, 2.45) is 0 Å². The van der Waals surface area contributed by atoms with Crippen LogP contribution in [0.3, 0.4) is 0 Å². The fourth-order valence-electron chi connectivity index (χ4n) is 5.24. The molecule has 12 heteroatoms. The summed E-state index contributed by atoms with van der Waals surface area (Å²) in [6.07, 6.45) is 0. The number of benzene rings is 3. The normalized spacial score (nSPS) is 11.3. The van der Waals surface area contributed by atoms with Crippen molar-refractivity contribution in [3.63, 3.8) is 0 Å². The van der Waals surface area contributed by atoms with Gasteiger partial charge in [0.15, 0.2) is 0 Å². The van der Waals surface area contributed by atoms with E-state index in [-0.39, 0.29) is 37.3 Å². The molecular weight excluding hydrogens is 641 g/mol. The van der Waals surface area contributed by atoms with Gasteiger partial charge in [0.25, 0.3) is 5.56 Å². The highest BCUT2D eigenvalue weighted by molar-refractivity contribution is 5.88. The number of anilines is 1. The Morgan fingerprint density at radius 3 is 2.44 bits per heavy atom. The van der Waals surface area contributed by atoms with Gasteiger partial charge in [0, 0.05) is 35.9 Å². The van der Waals surface area contributed by atoms with Crippen LogP contribution in [-0.2, 0) is 25.1 Å². The molecule has 0 fully saturated rings. The summed E-state index contributed by atoms with van der Waals surface area (Å²) in [5, 5.41) is 19.6. The van der Waals surface area contributed by atoms with Crippen molar-refractivity contribution in [2.45, 2.75) is 52.8 Å². The molecule has 0 atom stereocenters. The molecule has 0 aliphatic rings. The number of nitrogens with one attached hydrogen (secondary N) is 2. The Labute approximate surface area is 290 Å². The summed E-state index contributed by atoms with van der Waals surface area (Å²) < 4.78 is 34.5. The Bertz CT molecular complexity index is 2020. The number of nitrogens with zero attached hydrogens (tertiary/aromatic N) is 3. The Morgan fingerprint density at radius 1 is 0.920 bits per heavy atom. The Morgan fingerprint density at radius 2 is 1.70 bits per heavy atom. The maximum atomic E-state index is 14.4. The third-order valence-corrected chi connectivity index (χ3v) is 7.93. The molecule has 0 saturated heterocycles. The number of rotatable bonds is 13. The summed E-state index contributed by atoms with van der Waals surface area (Å²) in [7, 11) is 1.60. The lowest BCUT2D eigenvalue weighted by molar-refractivity contribution is 0.201. The van der Waals surface area contributed by atoms with Crippen LogP contribution in [0.15, 0.2) is 89.7 Å². The van der Waals surface area contributed by atoms with Gasteiger partial charge in [0.1, 0.15) is 42.1 Å². The summed E-state index contributed by atoms with van der Waals surface area (Å²) in [6, 6.07) is 23.4. The SMILES string of the molecule is COc1cccc(Cn2c(C)cc(OCc3ccc(F)cc3CNC(=O)Nc3cc(C(C)(C)C)nn3-c3cccc(OCCO)c3)cc2=O)c1. The zero-order valence-electron chi connectivity index (χ0n) is 28.8. The maximum Gasteiger partial charge on any atom is 0.320 e. The predicted octanol–water partition coefficient (Wildman–Crippen LogP) is 6.11. The molecule has 50 heavy (non-hydrogen) atoms. The van der Waals surface area contributed by atoms with Crippen molar-refractivity contribution in [1.82, 2.24) is 19.7 Å². The molecule has 2 amide bonds. The minimum atomic E-state index is -0.523. The van der Waals surface area contributed by atoms with Crippen LogP contribution in [-0.4, -0.2) is 45.8 Å². The van der Waals surface area contributed by atoms with Gasteiger partial charge in [-0.1, -0.05) is 45.0 Å². The molecule has 0 unspecified atom stereocenters. The van der Waals surface area contributed by atoms with E-state index < -0.39 is 11.8 Å². The van der Waals surface area contributed by atoms with Gasteiger partial charge in [0.05, 0.1) is 31.6 Å². The molecule has 262 valence electrons. The molecule has 0 bridgehead atoms. The van der Waals surface area contributed by atoms with Crippen molar-refractivity contribution >= 4 is 11.8 Å². The topological polar surface area (TPSA) is 129 Å². The van der Waals surface area contributed by atoms with E-state index in [0.717, 1.165) is 11.3 Å². The van der Waals surface area contributed by atoms with Gasteiger partial charge in [-0.15, -0.1) is 0 Å². The molecule has 0 spiro atoms. The second-order valence-corrected chi connectivity index (χ2v) is 12.8. The third-order valence-electron chi connectivity index (χ3n) is 7.93. The first kappa shape index (κ1) is 35.7. The van der Waals surface area contributed by atoms with Crippen LogP contribution in [0.1, 0.15) is 48.8 Å². The standard InChI is InChI=1S/C38H42FN5O6/c1-25-16-33(20-36(46)43(25)23-26-8-6-10-31(17-26)48-5)50-24-27-12-13-29(39)18-28(27)22-40-37(47)41-35-21-34(38(2,3)4)42-44(35)30-9-7-11-32(19-30)49-15-14-45/h6-13,16-21,45H,14-15,22-24H2,1-5H3,(H2,40,41,47). The Kier molecular flexibility index (Phi) is 11.2. The number of amides is 2. The van der Waals surface area contributed by atoms with E-state index in [4.69, 9.17) is 24.4 Å². The van der Waals surface area contributed by atoms with Crippen LogP contribution in [0.2, 0.25) is 0 Å². The monoisotopic (exact) mass is 683 g/mol. The Balaban J connectivity index is 1.27. The number of aliphatic hydroxyl groups is 1. The molecule has 11 nitrogen and oxygen atoms in total. The molecule has 0 aliphatic carbocycles. The summed E-state index contributed by atoms with van der Waals surface area (Å²) in [5.74, 6) is 1.60. The number of carbonyl (C=O) groups excluding carboxylic acids is 1. The molecule has 2 heterocycles. The fraction of sp³-hybridized carbons (Fsp3) is 0.289. The molecule has 0 radical (unpaired) electrons. The first-order valence-corrected chi connectivity index (χ1v) is 16.2. The molecule has 0 saturated carbocycles. The van der Waals surface area contributed by atoms with Crippen molar-refractivity contribution in [2.75, 3.05) is 25.6 Å². The van der Waals surface area contributed by atoms with Gasteiger partial charge in [0.2, 0.25) is 0 Å². The number of methoxy groups -OCH3 is 1. The zero-order valence-corrected chi connectivity index (χ0v) is 28.8. The van der Waals surface area contributed by atoms with Crippen LogP contribution in [0.4, 0.5) is 15.0 Å². The first-order chi connectivity index (χ1) is 23.9. The number of aliphatic hydroxyl groups excluding tert-OH is 1. The number of hydrogen-bond acceptors (Lipinski definition) is 7. The van der Waals surface area contributed by atoms with E-state index in [9.17, 15) is 14.0 Å². The van der Waals surface area contributed by atoms with E-state index in [2.05, 4.69) is 10.6 Å². The highest BCUT2D eigenvalue weighted by Crippen LogP contribution is 2.28. The van der Waals surface area contributed by atoms with Gasteiger partial charge in [-0.3, -0.25) is 10.1 Å². The largest absolute Gasteiger partial charge is 0.497 e. The van der Waals surface area contributed by atoms with Crippen molar-refractivity contribution in [1.29, 1.82) is 0 Å². The van der Waals surface area contributed by atoms with Crippen molar-refractivity contribution in [3.8, 4) is 22.9 Å². The number of halogens is 1. The molecule has 5 rings (SSSR count). The number of ether oxygens (including phenoxy) is 3. The van der Waals surface area contributed by atoms with Crippen LogP contribution in [0.5, 0.6) is 17.2 Å². The second-order valence-electron chi connectivity index (χ2n) is 12.8. The molecule has 0 aliphatic heterocycles. The minimum absolute atomic E-state index is 0.00813. The lowest BCUT2D eigenvalue weighted by atomic mass is 9.92. The van der Waals surface area contributed by atoms with E-state index in [0.29, 0.717) is 52.1 Å². The first-order valence-electron chi connectivity index (χ1n) is 16.2. The van der Waals surface area contributed by atoms with E-state index in [1.807, 2.05) is 58.0 Å². The number of urea groups is 1. The highest BCUT2D eigenvalue weighted by Gasteiger charge is 2.22. The smallest absolute Gasteiger partial charge is 0.320 e. The van der Waals surface area contributed by atoms with Gasteiger partial charge >= 0.3 is 6.03 Å². The van der Waals surface area contributed by atoms with Crippen LogP contribution in [0, 0.1) is 12.7 Å². The minimum Gasteiger partial charge on any atom is -0.497 e. The summed E-state index contributed by atoms with van der Waals surface area (Å²) in [5.41, 5.74) is 3.67. The fourth-order valence-corrected chi connectivity index (χ4v) is 5.24. The average Bonchev–Trinajstić information content (AvgIpc) is 3.52. The Hall–Kier alpha value is -5.62. The predicted molar refractivity (Wildman–Crippen MR) is 189 cm³/mol. The van der Waals surface area contributed by atoms with Crippen molar-refractivity contribution in [3.05, 3.63) is 129 Å². The number of hydrogen-bond donors (Lipinski definition) is 3. The summed E-state index contributed by atoms with van der Waals surface area (Å²) >= 11 is 0. The van der Waals surface area contributed by atoms with Gasteiger partial charge in [-0.05, 0) is 66.1 Å². The quantitative estimate of drug-likeness (QED) is 0.137. The number of pyridine rings is 1. The van der Waals surface area contributed by atoms with Gasteiger partial charge in [-0.25, -0.2) is 13.9 Å². The highest BCUT2D eigenvalue weighted by atomic mass is 19.1. The van der Waals surface area contributed by atoms with E-state index in [1.165, 1.54) is 18.2 Å². The van der Waals surface area contributed by atoms with Gasteiger partial charge < -0.3 is 29.2 Å². The van der Waals surface area contributed by atoms with E-state index >= 15 is 0 Å². The van der Waals surface area contributed by atoms with Gasteiger partial charge in [-0.2, -0.15) is 5.10 Å². The molecule has 5 aromatic rings. The number of carbonyl (C=O) groups is 1. The summed E-state index contributed by atoms with van der Waals surface area (Å²) in [6.45, 7) is 8.35. The van der Waals surface area contributed by atoms with Crippen molar-refractivity contribution < 1.29 is 28.5 Å². The lowest BCUT2D eigenvalue weighted by Crippen LogP contribution is -2.29. The van der Waals surface area contributed by atoms with Crippen LogP contribution in [0.25, 0.3) is 5.69 Å². The molecule has 2 aromatic heterocycles. The average molecular weight is 684 g/mol. The maximum absolute atomic E-state index is 14.4. The van der Waals surface area contributed by atoms with Crippen LogP contribution >= 0.6 is 0 Å². The number of aryl methyl sites for hydroxylation is 1. The van der Waals surface area contributed by atoms with E-state index in [1.54, 1.807) is 52.8 Å². The third kappa shape index (κ3) is 9.08. The zero-order chi connectivity index (χ0) is 35.8. The molecular formula is C38H42FN5O6.